The van der Waals surface area contributed by atoms with E-state index in [-0.39, 0.29) is 12.2 Å². The van der Waals surface area contributed by atoms with Crippen molar-refractivity contribution in [3.63, 3.8) is 0 Å². The van der Waals surface area contributed by atoms with E-state index in [1.165, 1.54) is 12.1 Å². The molecule has 0 unspecified atom stereocenters. The molecule has 0 aliphatic heterocycles. The molecule has 158 valence electrons. The van der Waals surface area contributed by atoms with Crippen LogP contribution in [-0.2, 0) is 24.1 Å². The Morgan fingerprint density at radius 2 is 1.90 bits per heavy atom. The van der Waals surface area contributed by atoms with Crippen LogP contribution in [0.5, 0.6) is 5.75 Å². The summed E-state index contributed by atoms with van der Waals surface area (Å²) < 4.78 is 24.7. The molecule has 0 saturated carbocycles. The maximum absolute atomic E-state index is 13.1. The van der Waals surface area contributed by atoms with E-state index in [4.69, 9.17) is 20.0 Å². The fourth-order valence-electron chi connectivity index (χ4n) is 3.06. The summed E-state index contributed by atoms with van der Waals surface area (Å²) >= 11 is 0. The highest BCUT2D eigenvalue weighted by Gasteiger charge is 2.14. The molecule has 0 saturated heterocycles. The number of nitrogens with zero attached hydrogens (tertiary/aromatic N) is 1. The molecule has 1 aromatic heterocycles. The van der Waals surface area contributed by atoms with Crippen LogP contribution in [0.25, 0.3) is 11.5 Å². The Kier molecular flexibility index (Phi) is 7.19. The SMILES string of the molecule is CCc1oc(-c2ccc(F)cc2)nc1CCCOc1ccc(C[C@H](N)C(=O)O)cc1. The number of oxazole rings is 1. The van der Waals surface area contributed by atoms with Gasteiger partial charge in [0.25, 0.3) is 0 Å². The number of carboxylic acids is 1. The second-order valence-electron chi connectivity index (χ2n) is 6.99. The minimum atomic E-state index is -1.02. The van der Waals surface area contributed by atoms with Crippen LogP contribution in [0, 0.1) is 5.82 Å². The summed E-state index contributed by atoms with van der Waals surface area (Å²) in [6.07, 6.45) is 2.47. The molecule has 0 aliphatic carbocycles. The Hall–Kier alpha value is -3.19. The molecule has 3 aromatic rings. The highest BCUT2D eigenvalue weighted by molar-refractivity contribution is 5.73. The van der Waals surface area contributed by atoms with Crippen LogP contribution in [0.1, 0.15) is 30.4 Å². The summed E-state index contributed by atoms with van der Waals surface area (Å²) in [6, 6.07) is 12.4. The molecule has 30 heavy (non-hydrogen) atoms. The Bertz CT molecular complexity index is 968. The molecule has 0 aliphatic rings. The highest BCUT2D eigenvalue weighted by Crippen LogP contribution is 2.24. The van der Waals surface area contributed by atoms with Crippen molar-refractivity contribution < 1.29 is 23.4 Å². The fourth-order valence-corrected chi connectivity index (χ4v) is 3.06. The van der Waals surface area contributed by atoms with Crippen LogP contribution in [0.3, 0.4) is 0 Å². The van der Waals surface area contributed by atoms with Gasteiger partial charge in [0.1, 0.15) is 23.4 Å². The second kappa shape index (κ2) is 10.0. The predicted octanol–water partition coefficient (Wildman–Crippen LogP) is 4.01. The number of aromatic nitrogens is 1. The van der Waals surface area contributed by atoms with Crippen molar-refractivity contribution >= 4 is 5.97 Å². The average Bonchev–Trinajstić information content (AvgIpc) is 3.16. The maximum atomic E-state index is 13.1. The zero-order chi connectivity index (χ0) is 21.5. The zero-order valence-corrected chi connectivity index (χ0v) is 16.8. The van der Waals surface area contributed by atoms with Gasteiger partial charge in [-0.1, -0.05) is 19.1 Å². The molecule has 7 heteroatoms. The van der Waals surface area contributed by atoms with E-state index >= 15 is 0 Å². The summed E-state index contributed by atoms with van der Waals surface area (Å²) in [5.41, 5.74) is 8.03. The molecule has 0 radical (unpaired) electrons. The minimum Gasteiger partial charge on any atom is -0.494 e. The molecular formula is C23H25FN2O4. The average molecular weight is 412 g/mol. The van der Waals surface area contributed by atoms with Crippen molar-refractivity contribution in [2.24, 2.45) is 5.73 Å². The third kappa shape index (κ3) is 5.67. The summed E-state index contributed by atoms with van der Waals surface area (Å²) in [5.74, 6) is 0.727. The largest absolute Gasteiger partial charge is 0.494 e. The lowest BCUT2D eigenvalue weighted by Crippen LogP contribution is -2.32. The second-order valence-corrected chi connectivity index (χ2v) is 6.99. The summed E-state index contributed by atoms with van der Waals surface area (Å²) in [4.78, 5) is 15.4. The van der Waals surface area contributed by atoms with Crippen LogP contribution < -0.4 is 10.5 Å². The smallest absolute Gasteiger partial charge is 0.320 e. The van der Waals surface area contributed by atoms with Gasteiger partial charge in [-0.2, -0.15) is 0 Å². The number of rotatable bonds is 10. The van der Waals surface area contributed by atoms with Crippen molar-refractivity contribution in [3.05, 3.63) is 71.4 Å². The molecule has 1 heterocycles. The molecule has 0 spiro atoms. The lowest BCUT2D eigenvalue weighted by atomic mass is 10.1. The lowest BCUT2D eigenvalue weighted by Gasteiger charge is -2.09. The molecular weight excluding hydrogens is 387 g/mol. The van der Waals surface area contributed by atoms with Crippen molar-refractivity contribution in [1.29, 1.82) is 0 Å². The summed E-state index contributed by atoms with van der Waals surface area (Å²) in [6.45, 7) is 2.52. The first kappa shape index (κ1) is 21.5. The van der Waals surface area contributed by atoms with Crippen LogP contribution in [-0.4, -0.2) is 28.7 Å². The fraction of sp³-hybridized carbons (Fsp3) is 0.304. The lowest BCUT2D eigenvalue weighted by molar-refractivity contribution is -0.138. The Balaban J connectivity index is 1.51. The number of nitrogens with two attached hydrogens (primary N) is 1. The van der Waals surface area contributed by atoms with E-state index in [1.807, 2.05) is 31.2 Å². The molecule has 3 N–H and O–H groups in total. The van der Waals surface area contributed by atoms with Gasteiger partial charge in [0.2, 0.25) is 5.89 Å². The molecule has 0 bridgehead atoms. The van der Waals surface area contributed by atoms with Gasteiger partial charge in [-0.3, -0.25) is 4.79 Å². The number of aryl methyl sites for hydroxylation is 2. The molecule has 0 amide bonds. The standard InChI is InChI=1S/C23H25FN2O4/c1-2-21-20(26-22(30-21)16-7-9-17(24)10-8-16)4-3-13-29-18-11-5-15(6-12-18)14-19(25)23(27)28/h5-12,19H,2-4,13-14,25H2,1H3,(H,27,28)/t19-/m0/s1. The number of halogens is 1. The quantitative estimate of drug-likeness (QED) is 0.488. The van der Waals surface area contributed by atoms with Crippen LogP contribution in [0.4, 0.5) is 4.39 Å². The molecule has 2 aromatic carbocycles. The molecule has 3 rings (SSSR count). The van der Waals surface area contributed by atoms with Crippen LogP contribution in [0.2, 0.25) is 0 Å². The first-order chi connectivity index (χ1) is 14.5. The van der Waals surface area contributed by atoms with Gasteiger partial charge in [-0.05, 0) is 61.2 Å². The first-order valence-corrected chi connectivity index (χ1v) is 9.91. The van der Waals surface area contributed by atoms with E-state index in [0.717, 1.165) is 35.4 Å². The normalized spacial score (nSPS) is 12.0. The van der Waals surface area contributed by atoms with E-state index in [0.29, 0.717) is 24.7 Å². The van der Waals surface area contributed by atoms with Crippen molar-refractivity contribution in [3.8, 4) is 17.2 Å². The van der Waals surface area contributed by atoms with E-state index < -0.39 is 12.0 Å². The number of carboxylic acid groups (broad SMARTS) is 1. The van der Waals surface area contributed by atoms with Gasteiger partial charge in [0, 0.05) is 12.0 Å². The van der Waals surface area contributed by atoms with Gasteiger partial charge < -0.3 is 20.0 Å². The van der Waals surface area contributed by atoms with Gasteiger partial charge >= 0.3 is 5.97 Å². The minimum absolute atomic E-state index is 0.276. The predicted molar refractivity (Wildman–Crippen MR) is 111 cm³/mol. The third-order valence-electron chi connectivity index (χ3n) is 4.71. The Morgan fingerprint density at radius 3 is 2.53 bits per heavy atom. The van der Waals surface area contributed by atoms with Crippen LogP contribution in [0.15, 0.2) is 52.9 Å². The van der Waals surface area contributed by atoms with E-state index in [2.05, 4.69) is 4.98 Å². The van der Waals surface area contributed by atoms with E-state index in [9.17, 15) is 9.18 Å². The van der Waals surface area contributed by atoms with Crippen LogP contribution >= 0.6 is 0 Å². The van der Waals surface area contributed by atoms with Gasteiger partial charge in [0.05, 0.1) is 12.3 Å². The number of hydrogen-bond donors (Lipinski definition) is 2. The van der Waals surface area contributed by atoms with Gasteiger partial charge in [-0.15, -0.1) is 0 Å². The number of hydrogen-bond acceptors (Lipinski definition) is 5. The Labute approximate surface area is 174 Å². The molecule has 6 nitrogen and oxygen atoms in total. The van der Waals surface area contributed by atoms with E-state index in [1.54, 1.807) is 12.1 Å². The zero-order valence-electron chi connectivity index (χ0n) is 16.8. The Morgan fingerprint density at radius 1 is 1.20 bits per heavy atom. The number of ether oxygens (including phenoxy) is 1. The molecule has 1 atom stereocenters. The monoisotopic (exact) mass is 412 g/mol. The maximum Gasteiger partial charge on any atom is 0.320 e. The highest BCUT2D eigenvalue weighted by atomic mass is 19.1. The van der Waals surface area contributed by atoms with Crippen molar-refractivity contribution in [2.45, 2.75) is 38.6 Å². The number of aliphatic carboxylic acids is 1. The first-order valence-electron chi connectivity index (χ1n) is 9.91. The summed E-state index contributed by atoms with van der Waals surface area (Å²) in [5, 5.41) is 8.87. The van der Waals surface area contributed by atoms with Crippen molar-refractivity contribution in [2.75, 3.05) is 6.61 Å². The van der Waals surface area contributed by atoms with Gasteiger partial charge in [-0.25, -0.2) is 9.37 Å². The summed E-state index contributed by atoms with van der Waals surface area (Å²) in [7, 11) is 0. The topological polar surface area (TPSA) is 98.6 Å². The van der Waals surface area contributed by atoms with Gasteiger partial charge in [0.15, 0.2) is 0 Å². The van der Waals surface area contributed by atoms with Crippen molar-refractivity contribution in [1.82, 2.24) is 4.98 Å². The third-order valence-corrected chi connectivity index (χ3v) is 4.71. The number of benzene rings is 2. The number of carbonyl (C=O) groups is 1. The molecule has 0 fully saturated rings.